The Kier molecular flexibility index (Phi) is 3.01. The zero-order valence-electron chi connectivity index (χ0n) is 7.56. The number of aryl methyl sites for hydroxylation is 1. The van der Waals surface area contributed by atoms with Crippen LogP contribution >= 0.6 is 23.5 Å². The molecule has 0 bridgehead atoms. The van der Waals surface area contributed by atoms with E-state index in [2.05, 4.69) is 34.9 Å². The number of aliphatic imine (C=N–C) groups is 1. The number of thioether (sulfide) groups is 2. The molecule has 0 N–H and O–H groups in total. The quantitative estimate of drug-likeness (QED) is 0.748. The van der Waals surface area contributed by atoms with Gasteiger partial charge in [0.05, 0.1) is 6.54 Å². The molecule has 0 atom stereocenters. The van der Waals surface area contributed by atoms with E-state index in [1.807, 2.05) is 23.5 Å². The lowest BCUT2D eigenvalue weighted by Crippen LogP contribution is -1.93. The summed E-state index contributed by atoms with van der Waals surface area (Å²) in [6, 6.07) is 4.24. The second-order valence-electron chi connectivity index (χ2n) is 2.90. The van der Waals surface area contributed by atoms with E-state index in [9.17, 15) is 0 Å². The number of hydrogen-bond donors (Lipinski definition) is 0. The molecule has 0 spiro atoms. The summed E-state index contributed by atoms with van der Waals surface area (Å²) >= 11 is 3.72. The molecule has 0 amide bonds. The first-order chi connectivity index (χ1) is 6.36. The van der Waals surface area contributed by atoms with E-state index in [0.29, 0.717) is 0 Å². The fourth-order valence-electron chi connectivity index (χ4n) is 1.18. The summed E-state index contributed by atoms with van der Waals surface area (Å²) in [5.41, 5.74) is 1.36. The topological polar surface area (TPSA) is 17.3 Å². The highest BCUT2D eigenvalue weighted by molar-refractivity contribution is 8.38. The summed E-state index contributed by atoms with van der Waals surface area (Å²) in [4.78, 5) is 4.40. The molecular formula is C9H12N2S2. The first-order valence-corrected chi connectivity index (χ1v) is 6.23. The second-order valence-corrected chi connectivity index (χ2v) is 5.20. The maximum atomic E-state index is 4.40. The van der Waals surface area contributed by atoms with Gasteiger partial charge in [0.1, 0.15) is 4.38 Å². The van der Waals surface area contributed by atoms with Crippen LogP contribution in [-0.4, -0.2) is 21.2 Å². The third-order valence-corrected chi connectivity index (χ3v) is 4.24. The molecule has 0 radical (unpaired) electrons. The molecule has 0 aliphatic carbocycles. The molecule has 0 fully saturated rings. The van der Waals surface area contributed by atoms with Gasteiger partial charge in [-0.05, 0) is 12.1 Å². The van der Waals surface area contributed by atoms with Gasteiger partial charge >= 0.3 is 0 Å². The van der Waals surface area contributed by atoms with Crippen molar-refractivity contribution in [2.24, 2.45) is 12.0 Å². The third-order valence-electron chi connectivity index (χ3n) is 1.95. The summed E-state index contributed by atoms with van der Waals surface area (Å²) in [7, 11) is 2.08. The van der Waals surface area contributed by atoms with Crippen LogP contribution in [0, 0.1) is 0 Å². The molecule has 0 saturated heterocycles. The number of rotatable bonds is 2. The van der Waals surface area contributed by atoms with Gasteiger partial charge in [0.2, 0.25) is 0 Å². The van der Waals surface area contributed by atoms with Crippen LogP contribution in [0.1, 0.15) is 5.69 Å². The van der Waals surface area contributed by atoms with E-state index >= 15 is 0 Å². The molecule has 2 rings (SSSR count). The Morgan fingerprint density at radius 2 is 2.62 bits per heavy atom. The highest BCUT2D eigenvalue weighted by Crippen LogP contribution is 2.24. The van der Waals surface area contributed by atoms with Crippen LogP contribution in [0.15, 0.2) is 23.3 Å². The van der Waals surface area contributed by atoms with Gasteiger partial charge < -0.3 is 4.57 Å². The smallest absolute Gasteiger partial charge is 0.125 e. The van der Waals surface area contributed by atoms with Crippen LogP contribution < -0.4 is 0 Å². The number of aromatic nitrogens is 1. The SMILES string of the molecule is Cn1cccc1CSC1=NCCS1. The molecule has 70 valence electrons. The Morgan fingerprint density at radius 1 is 1.69 bits per heavy atom. The monoisotopic (exact) mass is 212 g/mol. The minimum Gasteiger partial charge on any atom is -0.354 e. The van der Waals surface area contributed by atoms with Gasteiger partial charge in [-0.2, -0.15) is 0 Å². The first-order valence-electron chi connectivity index (χ1n) is 4.26. The summed E-state index contributed by atoms with van der Waals surface area (Å²) < 4.78 is 3.41. The Morgan fingerprint density at radius 3 is 3.23 bits per heavy atom. The number of nitrogens with zero attached hydrogens (tertiary/aromatic N) is 2. The average molecular weight is 212 g/mol. The normalized spacial score (nSPS) is 16.2. The summed E-state index contributed by atoms with van der Waals surface area (Å²) in [6.07, 6.45) is 2.08. The molecule has 0 saturated carbocycles. The molecule has 2 heterocycles. The van der Waals surface area contributed by atoms with E-state index in [1.165, 1.54) is 10.1 Å². The van der Waals surface area contributed by atoms with E-state index in [0.717, 1.165) is 18.1 Å². The van der Waals surface area contributed by atoms with E-state index in [1.54, 1.807) is 0 Å². The lowest BCUT2D eigenvalue weighted by atomic mass is 10.5. The highest BCUT2D eigenvalue weighted by atomic mass is 32.2. The first kappa shape index (κ1) is 9.21. The maximum Gasteiger partial charge on any atom is 0.125 e. The van der Waals surface area contributed by atoms with Gasteiger partial charge in [-0.25, -0.2) is 0 Å². The average Bonchev–Trinajstić information content (AvgIpc) is 2.72. The highest BCUT2D eigenvalue weighted by Gasteiger charge is 2.08. The Hall–Kier alpha value is -0.350. The van der Waals surface area contributed by atoms with Gasteiger partial charge in [-0.1, -0.05) is 23.5 Å². The molecule has 1 aromatic heterocycles. The molecule has 2 nitrogen and oxygen atoms in total. The molecular weight excluding hydrogens is 200 g/mol. The Labute approximate surface area is 86.8 Å². The minimum atomic E-state index is 1.00. The molecule has 1 aliphatic rings. The Balaban J connectivity index is 1.89. The zero-order valence-corrected chi connectivity index (χ0v) is 9.20. The molecule has 13 heavy (non-hydrogen) atoms. The van der Waals surface area contributed by atoms with Crippen LogP contribution in [-0.2, 0) is 12.8 Å². The summed E-state index contributed by atoms with van der Waals surface area (Å²) in [5.74, 6) is 2.20. The number of hydrogen-bond acceptors (Lipinski definition) is 3. The van der Waals surface area contributed by atoms with Crippen molar-refractivity contribution < 1.29 is 0 Å². The van der Waals surface area contributed by atoms with Gasteiger partial charge in [-0.3, -0.25) is 4.99 Å². The van der Waals surface area contributed by atoms with E-state index in [-0.39, 0.29) is 0 Å². The van der Waals surface area contributed by atoms with Crippen molar-refractivity contribution in [3.8, 4) is 0 Å². The van der Waals surface area contributed by atoms with Crippen molar-refractivity contribution in [2.75, 3.05) is 12.3 Å². The third kappa shape index (κ3) is 2.31. The van der Waals surface area contributed by atoms with Crippen molar-refractivity contribution in [1.29, 1.82) is 0 Å². The molecule has 0 unspecified atom stereocenters. The molecule has 4 heteroatoms. The van der Waals surface area contributed by atoms with Crippen LogP contribution in [0.25, 0.3) is 0 Å². The van der Waals surface area contributed by atoms with Crippen molar-refractivity contribution in [2.45, 2.75) is 5.75 Å². The van der Waals surface area contributed by atoms with Crippen LogP contribution in [0.3, 0.4) is 0 Å². The summed E-state index contributed by atoms with van der Waals surface area (Å²) in [6.45, 7) is 1.00. The molecule has 1 aliphatic heterocycles. The van der Waals surface area contributed by atoms with Crippen molar-refractivity contribution in [3.63, 3.8) is 0 Å². The van der Waals surface area contributed by atoms with Crippen molar-refractivity contribution in [3.05, 3.63) is 24.0 Å². The fraction of sp³-hybridized carbons (Fsp3) is 0.444. The predicted molar refractivity (Wildman–Crippen MR) is 61.5 cm³/mol. The van der Waals surface area contributed by atoms with E-state index in [4.69, 9.17) is 0 Å². The van der Waals surface area contributed by atoms with Gasteiger partial charge in [-0.15, -0.1) is 0 Å². The largest absolute Gasteiger partial charge is 0.354 e. The van der Waals surface area contributed by atoms with E-state index < -0.39 is 0 Å². The standard InChI is InChI=1S/C9H12N2S2/c1-11-5-2-3-8(11)7-13-9-10-4-6-12-9/h2-3,5H,4,6-7H2,1H3. The molecule has 0 aromatic carbocycles. The van der Waals surface area contributed by atoms with Crippen LogP contribution in [0.4, 0.5) is 0 Å². The van der Waals surface area contributed by atoms with Gasteiger partial charge in [0.15, 0.2) is 0 Å². The van der Waals surface area contributed by atoms with Gasteiger partial charge in [0, 0.05) is 30.4 Å². The maximum absolute atomic E-state index is 4.40. The fourth-order valence-corrected chi connectivity index (χ4v) is 3.24. The zero-order chi connectivity index (χ0) is 9.10. The molecule has 1 aromatic rings. The van der Waals surface area contributed by atoms with Gasteiger partial charge in [0.25, 0.3) is 0 Å². The van der Waals surface area contributed by atoms with Crippen LogP contribution in [0.5, 0.6) is 0 Å². The lowest BCUT2D eigenvalue weighted by molar-refractivity contribution is 0.876. The van der Waals surface area contributed by atoms with Crippen molar-refractivity contribution >= 4 is 27.9 Å². The van der Waals surface area contributed by atoms with Crippen LogP contribution in [0.2, 0.25) is 0 Å². The summed E-state index contributed by atoms with van der Waals surface area (Å²) in [5, 5.41) is 0. The Bertz CT molecular complexity index is 317. The predicted octanol–water partition coefficient (Wildman–Crippen LogP) is 2.36. The lowest BCUT2D eigenvalue weighted by Gasteiger charge is -2.01. The second kappa shape index (κ2) is 4.24. The minimum absolute atomic E-state index is 1.00. The van der Waals surface area contributed by atoms with Crippen molar-refractivity contribution in [1.82, 2.24) is 4.57 Å².